The van der Waals surface area contributed by atoms with E-state index in [1.165, 1.54) is 11.1 Å². The smallest absolute Gasteiger partial charge is 0.102 e. The molecule has 0 amide bonds. The van der Waals surface area contributed by atoms with Crippen LogP contribution in [0.3, 0.4) is 0 Å². The van der Waals surface area contributed by atoms with Gasteiger partial charge in [-0.1, -0.05) is 56.2 Å². The van der Waals surface area contributed by atoms with Crippen LogP contribution in [0.2, 0.25) is 0 Å². The van der Waals surface area contributed by atoms with Gasteiger partial charge in [-0.05, 0) is 80.9 Å². The van der Waals surface area contributed by atoms with Gasteiger partial charge in [-0.3, -0.25) is 4.98 Å². The van der Waals surface area contributed by atoms with Gasteiger partial charge in [-0.2, -0.15) is 5.26 Å². The third-order valence-electron chi connectivity index (χ3n) is 7.04. The molecular formula is C29H37FN2. The normalized spacial score (nSPS) is 21.6. The highest BCUT2D eigenvalue weighted by atomic mass is 19.1. The molecule has 1 atom stereocenters. The molecule has 32 heavy (non-hydrogen) atoms. The molecule has 170 valence electrons. The molecule has 1 saturated carbocycles. The average molecular weight is 433 g/mol. The Hall–Kier alpha value is -2.47. The van der Waals surface area contributed by atoms with Crippen molar-refractivity contribution >= 4 is 0 Å². The van der Waals surface area contributed by atoms with Crippen molar-refractivity contribution in [2.45, 2.75) is 89.6 Å². The number of halogens is 1. The van der Waals surface area contributed by atoms with Crippen molar-refractivity contribution in [3.05, 3.63) is 66.4 Å². The first-order chi connectivity index (χ1) is 15.6. The highest BCUT2D eigenvalue weighted by Gasteiger charge is 2.37. The topological polar surface area (TPSA) is 36.7 Å². The average Bonchev–Trinajstić information content (AvgIpc) is 2.84. The van der Waals surface area contributed by atoms with E-state index in [-0.39, 0.29) is 0 Å². The Labute approximate surface area is 193 Å². The zero-order valence-corrected chi connectivity index (χ0v) is 19.5. The Morgan fingerprint density at radius 2 is 1.94 bits per heavy atom. The molecule has 1 aromatic carbocycles. The number of unbranched alkanes of at least 4 members (excludes halogenated alkanes) is 2. The van der Waals surface area contributed by atoms with Gasteiger partial charge >= 0.3 is 0 Å². The number of rotatable bonds is 11. The largest absolute Gasteiger partial charge is 0.256 e. The predicted octanol–water partition coefficient (Wildman–Crippen LogP) is 8.34. The monoisotopic (exact) mass is 432 g/mol. The second kappa shape index (κ2) is 12.0. The van der Waals surface area contributed by atoms with Gasteiger partial charge in [0.25, 0.3) is 0 Å². The van der Waals surface area contributed by atoms with Gasteiger partial charge in [0.15, 0.2) is 0 Å². The molecule has 1 aromatic heterocycles. The van der Waals surface area contributed by atoms with Crippen molar-refractivity contribution in [1.82, 2.24) is 4.98 Å². The van der Waals surface area contributed by atoms with Crippen LogP contribution < -0.4 is 0 Å². The summed E-state index contributed by atoms with van der Waals surface area (Å²) in [5.41, 5.74) is 4.24. The van der Waals surface area contributed by atoms with E-state index < -0.39 is 11.6 Å². The summed E-state index contributed by atoms with van der Waals surface area (Å²) in [4.78, 5) is 4.65. The number of nitrogens with zero attached hydrogens (tertiary/aromatic N) is 2. The van der Waals surface area contributed by atoms with Crippen LogP contribution in [-0.4, -0.2) is 11.2 Å². The lowest BCUT2D eigenvalue weighted by Gasteiger charge is -2.36. The molecule has 2 nitrogen and oxygen atoms in total. The summed E-state index contributed by atoms with van der Waals surface area (Å²) in [6, 6.07) is 15.5. The molecule has 0 unspecified atom stereocenters. The highest BCUT2D eigenvalue weighted by molar-refractivity contribution is 5.59. The fraction of sp³-hybridized carbons (Fsp3) is 0.517. The van der Waals surface area contributed by atoms with E-state index in [9.17, 15) is 9.65 Å². The quantitative estimate of drug-likeness (QED) is 0.264. The van der Waals surface area contributed by atoms with Crippen molar-refractivity contribution in [1.29, 1.82) is 5.26 Å². The van der Waals surface area contributed by atoms with Crippen LogP contribution in [0.5, 0.6) is 0 Å². The molecule has 3 heteroatoms. The molecule has 0 bridgehead atoms. The molecule has 1 fully saturated rings. The van der Waals surface area contributed by atoms with Gasteiger partial charge in [0.1, 0.15) is 6.17 Å². The molecular weight excluding hydrogens is 395 g/mol. The minimum Gasteiger partial charge on any atom is -0.256 e. The molecule has 0 saturated heterocycles. The SMILES string of the molecule is C=CCCCc1ccc(-c2ccc(C3CCC(C#N)(C[C@@H](F)CCCC)CC3)cc2)nc1. The van der Waals surface area contributed by atoms with Crippen LogP contribution >= 0.6 is 0 Å². The van der Waals surface area contributed by atoms with Crippen LogP contribution in [0.25, 0.3) is 11.3 Å². The second-order valence-electron chi connectivity index (χ2n) is 9.46. The number of allylic oxidation sites excluding steroid dienone is 1. The summed E-state index contributed by atoms with van der Waals surface area (Å²) in [6.45, 7) is 5.86. The number of aryl methyl sites for hydroxylation is 1. The lowest BCUT2D eigenvalue weighted by Crippen LogP contribution is -2.28. The van der Waals surface area contributed by atoms with Crippen molar-refractivity contribution in [2.75, 3.05) is 0 Å². The fourth-order valence-electron chi connectivity index (χ4n) is 4.94. The summed E-state index contributed by atoms with van der Waals surface area (Å²) < 4.78 is 14.4. The standard InChI is InChI=1S/C29H37FN2/c1-3-5-7-8-23-10-15-28(32-21-23)26-13-11-24(12-14-26)25-16-18-29(22-31,19-17-25)20-27(30)9-6-4-2/h3,10-15,21,25,27H,1,4-9,16-20H2,2H3/t25?,27-,29?/m0/s1. The minimum atomic E-state index is -0.841. The van der Waals surface area contributed by atoms with Crippen molar-refractivity contribution in [3.8, 4) is 17.3 Å². The number of pyridine rings is 1. The Morgan fingerprint density at radius 3 is 2.53 bits per heavy atom. The third kappa shape index (κ3) is 6.52. The third-order valence-corrected chi connectivity index (χ3v) is 7.04. The molecule has 0 spiro atoms. The fourth-order valence-corrected chi connectivity index (χ4v) is 4.94. The first-order valence-corrected chi connectivity index (χ1v) is 12.3. The Bertz CT molecular complexity index is 871. The van der Waals surface area contributed by atoms with Crippen LogP contribution in [0, 0.1) is 16.7 Å². The van der Waals surface area contributed by atoms with E-state index in [0.29, 0.717) is 18.8 Å². The summed E-state index contributed by atoms with van der Waals surface area (Å²) in [5, 5.41) is 9.79. The Balaban J connectivity index is 1.56. The first kappa shape index (κ1) is 24.2. The second-order valence-corrected chi connectivity index (χ2v) is 9.46. The summed E-state index contributed by atoms with van der Waals surface area (Å²) in [5.74, 6) is 0.458. The zero-order valence-electron chi connectivity index (χ0n) is 19.5. The molecule has 3 rings (SSSR count). The number of alkyl halides is 1. The van der Waals surface area contributed by atoms with Crippen LogP contribution in [0.1, 0.15) is 88.2 Å². The summed E-state index contributed by atoms with van der Waals surface area (Å²) in [6.07, 6.45) is 12.7. The van der Waals surface area contributed by atoms with Crippen LogP contribution in [-0.2, 0) is 6.42 Å². The molecule has 0 aliphatic heterocycles. The summed E-state index contributed by atoms with van der Waals surface area (Å²) >= 11 is 0. The van der Waals surface area contributed by atoms with Gasteiger partial charge < -0.3 is 0 Å². The van der Waals surface area contributed by atoms with Crippen molar-refractivity contribution < 1.29 is 4.39 Å². The first-order valence-electron chi connectivity index (χ1n) is 12.3. The number of benzene rings is 1. The predicted molar refractivity (Wildman–Crippen MR) is 131 cm³/mol. The van der Waals surface area contributed by atoms with Crippen molar-refractivity contribution in [3.63, 3.8) is 0 Å². The van der Waals surface area contributed by atoms with Crippen molar-refractivity contribution in [2.24, 2.45) is 5.41 Å². The van der Waals surface area contributed by atoms with Gasteiger partial charge in [-0.25, -0.2) is 4.39 Å². The molecule has 1 aliphatic rings. The van der Waals surface area contributed by atoms with Gasteiger partial charge in [0.05, 0.1) is 17.2 Å². The van der Waals surface area contributed by atoms with Gasteiger partial charge in [0, 0.05) is 11.8 Å². The molecule has 2 aromatic rings. The van der Waals surface area contributed by atoms with E-state index in [0.717, 1.165) is 69.0 Å². The molecule has 1 aliphatic carbocycles. The van der Waals surface area contributed by atoms with E-state index in [1.807, 2.05) is 12.3 Å². The lowest BCUT2D eigenvalue weighted by molar-refractivity contribution is 0.158. The molecule has 0 N–H and O–H groups in total. The molecule has 0 radical (unpaired) electrons. The number of aromatic nitrogens is 1. The van der Waals surface area contributed by atoms with E-state index in [1.54, 1.807) is 0 Å². The number of hydrogen-bond acceptors (Lipinski definition) is 2. The van der Waals surface area contributed by atoms with E-state index in [2.05, 4.69) is 61.0 Å². The zero-order chi connectivity index (χ0) is 22.8. The minimum absolute atomic E-state index is 0.407. The maximum absolute atomic E-state index is 14.4. The number of nitriles is 1. The highest BCUT2D eigenvalue weighted by Crippen LogP contribution is 2.46. The van der Waals surface area contributed by atoms with E-state index >= 15 is 0 Å². The Kier molecular flexibility index (Phi) is 9.03. The van der Waals surface area contributed by atoms with Gasteiger partial charge in [-0.15, -0.1) is 6.58 Å². The number of hydrogen-bond donors (Lipinski definition) is 0. The maximum atomic E-state index is 14.4. The van der Waals surface area contributed by atoms with Gasteiger partial charge in [0.2, 0.25) is 0 Å². The Morgan fingerprint density at radius 1 is 1.19 bits per heavy atom. The summed E-state index contributed by atoms with van der Waals surface area (Å²) in [7, 11) is 0. The maximum Gasteiger partial charge on any atom is 0.102 e. The molecule has 1 heterocycles. The lowest BCUT2D eigenvalue weighted by atomic mass is 9.67. The van der Waals surface area contributed by atoms with Crippen LogP contribution in [0.15, 0.2) is 55.3 Å². The van der Waals surface area contributed by atoms with E-state index in [4.69, 9.17) is 0 Å². The van der Waals surface area contributed by atoms with Crippen LogP contribution in [0.4, 0.5) is 4.39 Å².